The molecule has 10 heteroatoms. The molecule has 144 valence electrons. The Morgan fingerprint density at radius 1 is 1.04 bits per heavy atom. The van der Waals surface area contributed by atoms with Crippen LogP contribution in [-0.4, -0.2) is 44.0 Å². The van der Waals surface area contributed by atoms with E-state index in [9.17, 15) is 13.2 Å². The maximum atomic E-state index is 13.0. The molecule has 1 aromatic heterocycles. The molecule has 4 rings (SSSR count). The fourth-order valence-corrected chi connectivity index (χ4v) is 3.63. The highest BCUT2D eigenvalue weighted by Crippen LogP contribution is 2.32. The predicted octanol–water partition coefficient (Wildman–Crippen LogP) is 3.14. The molecular formula is C17H18F3N5O2. The van der Waals surface area contributed by atoms with E-state index in [1.807, 2.05) is 17.0 Å². The Morgan fingerprint density at radius 3 is 2.37 bits per heavy atom. The van der Waals surface area contributed by atoms with Crippen LogP contribution in [0.3, 0.4) is 0 Å². The fourth-order valence-electron chi connectivity index (χ4n) is 3.63. The summed E-state index contributed by atoms with van der Waals surface area (Å²) in [6.07, 6.45) is -1.87. The molecule has 0 bridgehead atoms. The number of fused-ring (bicyclic) bond motifs is 1. The standard InChI is InChI=1S/C17H18F3N5O2/c18-17(19,20)16-22-21-14-5-6-15(23-25(14)16)24-9-7-12(8-10-24)11-1-3-13(27-26)4-2-11/h1-4,12,26H,5-10H2. The van der Waals surface area contributed by atoms with Crippen molar-refractivity contribution in [3.8, 4) is 5.75 Å². The van der Waals surface area contributed by atoms with Crippen molar-refractivity contribution in [3.05, 3.63) is 41.5 Å². The minimum absolute atomic E-state index is 0.243. The number of likely N-dealkylation sites (tertiary alicyclic amines) is 1. The lowest BCUT2D eigenvalue weighted by molar-refractivity contribution is -0.147. The summed E-state index contributed by atoms with van der Waals surface area (Å²) in [6.45, 7) is 1.45. The van der Waals surface area contributed by atoms with Crippen LogP contribution in [0.5, 0.6) is 5.75 Å². The molecule has 1 saturated heterocycles. The Kier molecular flexibility index (Phi) is 4.50. The molecule has 2 aliphatic heterocycles. The SMILES string of the molecule is OOc1ccc(C2CCN(C3=Nn4c(nnc4C(F)(F)F)CC3)CC2)cc1. The molecule has 0 saturated carbocycles. The first-order valence-electron chi connectivity index (χ1n) is 8.71. The lowest BCUT2D eigenvalue weighted by Crippen LogP contribution is -2.40. The Morgan fingerprint density at radius 2 is 1.74 bits per heavy atom. The Hall–Kier alpha value is -2.62. The third-order valence-electron chi connectivity index (χ3n) is 5.06. The molecule has 2 aromatic rings. The van der Waals surface area contributed by atoms with Crippen LogP contribution in [0.4, 0.5) is 13.2 Å². The van der Waals surface area contributed by atoms with Crippen LogP contribution < -0.4 is 4.89 Å². The summed E-state index contributed by atoms with van der Waals surface area (Å²) in [5.74, 6) is 0.561. The van der Waals surface area contributed by atoms with Crippen LogP contribution >= 0.6 is 0 Å². The largest absolute Gasteiger partial charge is 0.453 e. The Labute approximate surface area is 153 Å². The van der Waals surface area contributed by atoms with E-state index in [1.165, 1.54) is 0 Å². The summed E-state index contributed by atoms with van der Waals surface area (Å²) < 4.78 is 40.0. The van der Waals surface area contributed by atoms with Gasteiger partial charge in [0.1, 0.15) is 5.84 Å². The van der Waals surface area contributed by atoms with Gasteiger partial charge >= 0.3 is 6.18 Å². The van der Waals surface area contributed by atoms with Gasteiger partial charge in [-0.3, -0.25) is 0 Å². The Bertz CT molecular complexity index is 839. The number of aromatic nitrogens is 3. The van der Waals surface area contributed by atoms with Crippen LogP contribution in [0.25, 0.3) is 0 Å². The smallest absolute Gasteiger partial charge is 0.359 e. The molecule has 7 nitrogen and oxygen atoms in total. The first kappa shape index (κ1) is 17.8. The molecule has 2 aliphatic rings. The Balaban J connectivity index is 1.46. The second-order valence-corrected chi connectivity index (χ2v) is 6.69. The van der Waals surface area contributed by atoms with Gasteiger partial charge < -0.3 is 9.79 Å². The van der Waals surface area contributed by atoms with Gasteiger partial charge in [0.25, 0.3) is 5.82 Å². The van der Waals surface area contributed by atoms with Crippen LogP contribution in [0, 0.1) is 0 Å². The maximum Gasteiger partial charge on any atom is 0.453 e. The monoisotopic (exact) mass is 381 g/mol. The van der Waals surface area contributed by atoms with Gasteiger partial charge in [-0.25, -0.2) is 5.26 Å². The molecule has 1 N–H and O–H groups in total. The topological polar surface area (TPSA) is 75.8 Å². The van der Waals surface area contributed by atoms with Gasteiger partial charge in [-0.15, -0.1) is 10.2 Å². The summed E-state index contributed by atoms with van der Waals surface area (Å²) in [5, 5.41) is 19.7. The first-order chi connectivity index (χ1) is 13.0. The highest BCUT2D eigenvalue weighted by Gasteiger charge is 2.40. The molecule has 0 amide bonds. The van der Waals surface area contributed by atoms with Crippen LogP contribution in [0.15, 0.2) is 29.4 Å². The third-order valence-corrected chi connectivity index (χ3v) is 5.06. The number of hydrogen-bond donors (Lipinski definition) is 1. The number of nitrogens with zero attached hydrogens (tertiary/aromatic N) is 5. The zero-order chi connectivity index (χ0) is 19.0. The number of piperidine rings is 1. The van der Waals surface area contributed by atoms with Gasteiger partial charge in [-0.05, 0) is 36.5 Å². The van der Waals surface area contributed by atoms with Crippen molar-refractivity contribution in [3.63, 3.8) is 0 Å². The third kappa shape index (κ3) is 3.48. The molecule has 0 unspecified atom stereocenters. The van der Waals surface area contributed by atoms with Crippen LogP contribution in [0.1, 0.15) is 42.4 Å². The average molecular weight is 381 g/mol. The van der Waals surface area contributed by atoms with E-state index in [0.717, 1.165) is 36.2 Å². The highest BCUT2D eigenvalue weighted by atomic mass is 19.4. The van der Waals surface area contributed by atoms with Gasteiger partial charge in [-0.1, -0.05) is 12.1 Å². The van der Waals surface area contributed by atoms with E-state index in [4.69, 9.17) is 5.26 Å². The van der Waals surface area contributed by atoms with Gasteiger partial charge in [-0.2, -0.15) is 22.9 Å². The molecule has 1 fully saturated rings. The number of rotatable bonds is 2. The van der Waals surface area contributed by atoms with E-state index < -0.39 is 12.0 Å². The maximum absolute atomic E-state index is 13.0. The van der Waals surface area contributed by atoms with Crippen LogP contribution in [0.2, 0.25) is 0 Å². The summed E-state index contributed by atoms with van der Waals surface area (Å²) in [5.41, 5.74) is 1.15. The van der Waals surface area contributed by atoms with E-state index in [2.05, 4.69) is 20.2 Å². The lowest BCUT2D eigenvalue weighted by Gasteiger charge is -2.35. The van der Waals surface area contributed by atoms with E-state index in [1.54, 1.807) is 12.1 Å². The fraction of sp³-hybridized carbons (Fsp3) is 0.471. The average Bonchev–Trinajstić information content (AvgIpc) is 3.12. The molecule has 0 atom stereocenters. The summed E-state index contributed by atoms with van der Waals surface area (Å²) in [7, 11) is 0. The zero-order valence-electron chi connectivity index (χ0n) is 14.4. The van der Waals surface area contributed by atoms with Crippen molar-refractivity contribution >= 4 is 5.84 Å². The first-order valence-corrected chi connectivity index (χ1v) is 8.71. The molecule has 3 heterocycles. The number of halogens is 3. The number of benzene rings is 1. The minimum Gasteiger partial charge on any atom is -0.359 e. The summed E-state index contributed by atoms with van der Waals surface area (Å²) in [4.78, 5) is 6.24. The van der Waals surface area contributed by atoms with Gasteiger partial charge in [0.15, 0.2) is 11.6 Å². The van der Waals surface area contributed by atoms with Crippen molar-refractivity contribution in [2.45, 2.75) is 37.8 Å². The van der Waals surface area contributed by atoms with Crippen molar-refractivity contribution in [1.29, 1.82) is 0 Å². The quantitative estimate of drug-likeness (QED) is 0.639. The molecule has 1 aromatic carbocycles. The van der Waals surface area contributed by atoms with Gasteiger partial charge in [0.2, 0.25) is 0 Å². The molecular weight excluding hydrogens is 363 g/mol. The second-order valence-electron chi connectivity index (χ2n) is 6.69. The lowest BCUT2D eigenvalue weighted by atomic mass is 9.89. The highest BCUT2D eigenvalue weighted by molar-refractivity contribution is 5.83. The van der Waals surface area contributed by atoms with Crippen LogP contribution in [-0.2, 0) is 12.6 Å². The molecule has 0 aliphatic carbocycles. The van der Waals surface area contributed by atoms with Crippen molar-refractivity contribution in [2.24, 2.45) is 5.10 Å². The van der Waals surface area contributed by atoms with E-state index in [-0.39, 0.29) is 5.82 Å². The summed E-state index contributed by atoms with van der Waals surface area (Å²) >= 11 is 0. The number of aryl methyl sites for hydroxylation is 1. The minimum atomic E-state index is -4.57. The predicted molar refractivity (Wildman–Crippen MR) is 89.4 cm³/mol. The number of alkyl halides is 3. The summed E-state index contributed by atoms with van der Waals surface area (Å²) in [6, 6.07) is 7.25. The number of amidine groups is 1. The van der Waals surface area contributed by atoms with Crippen molar-refractivity contribution in [1.82, 2.24) is 19.8 Å². The zero-order valence-corrected chi connectivity index (χ0v) is 14.4. The molecule has 0 radical (unpaired) electrons. The number of hydrogen-bond acceptors (Lipinski definition) is 6. The normalized spacial score (nSPS) is 18.2. The van der Waals surface area contributed by atoms with Gasteiger partial charge in [0, 0.05) is 25.9 Å². The molecule has 0 spiro atoms. The van der Waals surface area contributed by atoms with Crippen molar-refractivity contribution < 1.29 is 23.3 Å². The van der Waals surface area contributed by atoms with E-state index in [0.29, 0.717) is 30.3 Å². The van der Waals surface area contributed by atoms with E-state index >= 15 is 0 Å². The van der Waals surface area contributed by atoms with Crippen molar-refractivity contribution in [2.75, 3.05) is 13.1 Å². The molecule has 27 heavy (non-hydrogen) atoms. The second kappa shape index (κ2) is 6.84. The van der Waals surface area contributed by atoms with Gasteiger partial charge in [0.05, 0.1) is 0 Å².